The van der Waals surface area contributed by atoms with Gasteiger partial charge in [0.1, 0.15) is 5.82 Å². The predicted octanol–water partition coefficient (Wildman–Crippen LogP) is 4.68. The van der Waals surface area contributed by atoms with Crippen LogP contribution in [0.25, 0.3) is 16.5 Å². The third-order valence-electron chi connectivity index (χ3n) is 5.40. The van der Waals surface area contributed by atoms with Gasteiger partial charge in [0.15, 0.2) is 12.5 Å². The monoisotopic (exact) mass is 390 g/mol. The summed E-state index contributed by atoms with van der Waals surface area (Å²) >= 11 is 0. The highest BCUT2D eigenvalue weighted by Gasteiger charge is 2.25. The summed E-state index contributed by atoms with van der Waals surface area (Å²) in [6.45, 7) is 2.37. The number of allylic oxidation sites excluding steroid dienone is 2. The maximum Gasteiger partial charge on any atom is 0.167 e. The van der Waals surface area contributed by atoms with Crippen LogP contribution < -0.4 is 5.32 Å². The zero-order valence-electron chi connectivity index (χ0n) is 16.5. The standard InChI is InChI=1S/C24H23FN2O2/c1-3-16-10-11-21-19(13-16)23(18-8-6-12-26-24(18)29-2)22(15-28)27(21)14-17-7-4-5-9-20(17)25/h4-13,15,24,26H,3,14H2,1-2H3. The molecule has 1 aliphatic rings. The smallest absolute Gasteiger partial charge is 0.167 e. The Balaban J connectivity index is 1.99. The number of methoxy groups -OCH3 is 1. The molecule has 4 rings (SSSR count). The van der Waals surface area contributed by atoms with E-state index >= 15 is 0 Å². The lowest BCUT2D eigenvalue weighted by molar-refractivity contribution is 0.111. The van der Waals surface area contributed by atoms with Gasteiger partial charge in [0.2, 0.25) is 0 Å². The van der Waals surface area contributed by atoms with Crippen LogP contribution in [0, 0.1) is 5.82 Å². The Morgan fingerprint density at radius 2 is 2.07 bits per heavy atom. The topological polar surface area (TPSA) is 43.3 Å². The van der Waals surface area contributed by atoms with Crippen molar-refractivity contribution in [1.29, 1.82) is 0 Å². The third-order valence-corrected chi connectivity index (χ3v) is 5.40. The van der Waals surface area contributed by atoms with Crippen molar-refractivity contribution in [1.82, 2.24) is 9.88 Å². The number of nitrogens with one attached hydrogen (secondary N) is 1. The highest BCUT2D eigenvalue weighted by Crippen LogP contribution is 2.35. The molecule has 0 saturated carbocycles. The predicted molar refractivity (Wildman–Crippen MR) is 113 cm³/mol. The van der Waals surface area contributed by atoms with E-state index < -0.39 is 0 Å². The molecule has 1 N–H and O–H groups in total. The summed E-state index contributed by atoms with van der Waals surface area (Å²) in [5.74, 6) is -0.283. The number of aromatic nitrogens is 1. The Labute approximate surface area is 169 Å². The lowest BCUT2D eigenvalue weighted by Gasteiger charge is -2.22. The SMILES string of the molecule is CCc1ccc2c(c1)c(C1=CC=CNC1OC)c(C=O)n2Cc1ccccc1F. The van der Waals surface area contributed by atoms with Crippen molar-refractivity contribution in [3.05, 3.63) is 89.0 Å². The van der Waals surface area contributed by atoms with Gasteiger partial charge in [-0.05, 0) is 42.5 Å². The van der Waals surface area contributed by atoms with Crippen LogP contribution in [-0.2, 0) is 17.7 Å². The van der Waals surface area contributed by atoms with E-state index in [1.165, 1.54) is 11.6 Å². The van der Waals surface area contributed by atoms with Gasteiger partial charge in [0, 0.05) is 34.7 Å². The molecule has 29 heavy (non-hydrogen) atoms. The van der Waals surface area contributed by atoms with Crippen molar-refractivity contribution in [3.8, 4) is 0 Å². The summed E-state index contributed by atoms with van der Waals surface area (Å²) in [7, 11) is 1.63. The van der Waals surface area contributed by atoms with Crippen LogP contribution in [0.15, 0.2) is 60.8 Å². The van der Waals surface area contributed by atoms with Crippen molar-refractivity contribution in [2.75, 3.05) is 7.11 Å². The Kier molecular flexibility index (Phi) is 5.32. The molecule has 1 aliphatic heterocycles. The highest BCUT2D eigenvalue weighted by molar-refractivity contribution is 6.02. The number of dihydropyridines is 1. The summed E-state index contributed by atoms with van der Waals surface area (Å²) in [4.78, 5) is 12.3. The molecule has 4 nitrogen and oxygen atoms in total. The van der Waals surface area contributed by atoms with Crippen molar-refractivity contribution < 1.29 is 13.9 Å². The Bertz CT molecular complexity index is 1130. The molecule has 148 valence electrons. The molecule has 0 bridgehead atoms. The summed E-state index contributed by atoms with van der Waals surface area (Å²) in [6, 6.07) is 12.8. The van der Waals surface area contributed by atoms with E-state index in [-0.39, 0.29) is 18.6 Å². The number of nitrogens with zero attached hydrogens (tertiary/aromatic N) is 1. The normalized spacial score (nSPS) is 16.0. The number of hydrogen-bond donors (Lipinski definition) is 1. The fourth-order valence-corrected chi connectivity index (χ4v) is 3.92. The van der Waals surface area contributed by atoms with Crippen LogP contribution in [0.2, 0.25) is 0 Å². The van der Waals surface area contributed by atoms with E-state index in [4.69, 9.17) is 4.74 Å². The Morgan fingerprint density at radius 1 is 1.24 bits per heavy atom. The van der Waals surface area contributed by atoms with Crippen LogP contribution in [-0.4, -0.2) is 24.2 Å². The van der Waals surface area contributed by atoms with E-state index in [1.807, 2.05) is 29.0 Å². The number of hydrogen-bond acceptors (Lipinski definition) is 3. The van der Waals surface area contributed by atoms with E-state index in [0.717, 1.165) is 34.7 Å². The number of carbonyl (C=O) groups is 1. The first-order valence-corrected chi connectivity index (χ1v) is 9.67. The number of rotatable bonds is 6. The van der Waals surface area contributed by atoms with Crippen molar-refractivity contribution in [3.63, 3.8) is 0 Å². The number of fused-ring (bicyclic) bond motifs is 1. The third kappa shape index (κ3) is 3.38. The molecule has 0 fully saturated rings. The molecule has 1 unspecified atom stereocenters. The molecule has 5 heteroatoms. The summed E-state index contributed by atoms with van der Waals surface area (Å²) in [5, 5.41) is 4.14. The minimum atomic E-state index is -0.364. The maximum atomic E-state index is 14.4. The highest BCUT2D eigenvalue weighted by atomic mass is 19.1. The molecule has 0 spiro atoms. The average molecular weight is 390 g/mol. The molecule has 0 saturated heterocycles. The van der Waals surface area contributed by atoms with Crippen LogP contribution in [0.1, 0.15) is 34.1 Å². The molecular weight excluding hydrogens is 367 g/mol. The summed E-state index contributed by atoms with van der Waals surface area (Å²) in [5.41, 5.74) is 4.83. The Hall–Kier alpha value is -3.18. The first-order chi connectivity index (χ1) is 14.2. The molecule has 0 radical (unpaired) electrons. The number of halogens is 1. The second kappa shape index (κ2) is 8.05. The second-order valence-electron chi connectivity index (χ2n) is 7.02. The zero-order valence-corrected chi connectivity index (χ0v) is 16.5. The van der Waals surface area contributed by atoms with Gasteiger partial charge in [-0.15, -0.1) is 0 Å². The van der Waals surface area contributed by atoms with Crippen LogP contribution >= 0.6 is 0 Å². The second-order valence-corrected chi connectivity index (χ2v) is 7.02. The average Bonchev–Trinajstić information content (AvgIpc) is 3.07. The Morgan fingerprint density at radius 3 is 2.79 bits per heavy atom. The molecule has 2 aromatic carbocycles. The number of carbonyl (C=O) groups excluding carboxylic acids is 1. The number of benzene rings is 2. The lowest BCUT2D eigenvalue weighted by atomic mass is 9.97. The van der Waals surface area contributed by atoms with Gasteiger partial charge in [-0.2, -0.15) is 0 Å². The molecule has 3 aromatic rings. The minimum Gasteiger partial charge on any atom is -0.362 e. The van der Waals surface area contributed by atoms with Gasteiger partial charge in [-0.25, -0.2) is 4.39 Å². The first-order valence-electron chi connectivity index (χ1n) is 9.67. The fraction of sp³-hybridized carbons (Fsp3) is 0.208. The van der Waals surface area contributed by atoms with Gasteiger partial charge in [-0.1, -0.05) is 37.3 Å². The van der Waals surface area contributed by atoms with Gasteiger partial charge in [0.25, 0.3) is 0 Å². The van der Waals surface area contributed by atoms with Gasteiger partial charge >= 0.3 is 0 Å². The number of aryl methyl sites for hydroxylation is 1. The van der Waals surface area contributed by atoms with Gasteiger partial charge < -0.3 is 14.6 Å². The molecule has 2 heterocycles. The van der Waals surface area contributed by atoms with E-state index in [2.05, 4.69) is 24.4 Å². The van der Waals surface area contributed by atoms with Crippen molar-refractivity contribution in [2.45, 2.75) is 26.1 Å². The molecule has 1 aromatic heterocycles. The number of aldehydes is 1. The fourth-order valence-electron chi connectivity index (χ4n) is 3.92. The zero-order chi connectivity index (χ0) is 20.4. The van der Waals surface area contributed by atoms with E-state index in [9.17, 15) is 9.18 Å². The molecular formula is C24H23FN2O2. The summed E-state index contributed by atoms with van der Waals surface area (Å²) in [6.07, 6.45) is 7.04. The van der Waals surface area contributed by atoms with E-state index in [0.29, 0.717) is 11.3 Å². The minimum absolute atomic E-state index is 0.275. The van der Waals surface area contributed by atoms with E-state index in [1.54, 1.807) is 25.3 Å². The maximum absolute atomic E-state index is 14.4. The quantitative estimate of drug-likeness (QED) is 0.622. The van der Waals surface area contributed by atoms with Crippen LogP contribution in [0.3, 0.4) is 0 Å². The van der Waals surface area contributed by atoms with Gasteiger partial charge in [-0.3, -0.25) is 4.79 Å². The number of ether oxygens (including phenoxy) is 1. The van der Waals surface area contributed by atoms with Crippen LogP contribution in [0.5, 0.6) is 0 Å². The first kappa shape index (κ1) is 19.2. The summed E-state index contributed by atoms with van der Waals surface area (Å²) < 4.78 is 21.8. The molecule has 0 amide bonds. The molecule has 1 atom stereocenters. The molecule has 0 aliphatic carbocycles. The van der Waals surface area contributed by atoms with Crippen LogP contribution in [0.4, 0.5) is 4.39 Å². The van der Waals surface area contributed by atoms with Crippen molar-refractivity contribution in [2.24, 2.45) is 0 Å². The van der Waals surface area contributed by atoms with Crippen molar-refractivity contribution >= 4 is 22.8 Å². The van der Waals surface area contributed by atoms with Gasteiger partial charge in [0.05, 0.1) is 12.2 Å². The lowest BCUT2D eigenvalue weighted by Crippen LogP contribution is -2.29. The largest absolute Gasteiger partial charge is 0.362 e.